The van der Waals surface area contributed by atoms with E-state index in [1.54, 1.807) is 12.3 Å². The van der Waals surface area contributed by atoms with Gasteiger partial charge in [0.1, 0.15) is 11.5 Å². The van der Waals surface area contributed by atoms with Crippen LogP contribution in [0.5, 0.6) is 11.5 Å². The zero-order chi connectivity index (χ0) is 27.2. The number of hydrogen-bond donors (Lipinski definition) is 1. The first-order valence-corrected chi connectivity index (χ1v) is 12.8. The summed E-state index contributed by atoms with van der Waals surface area (Å²) in [5.74, 6) is -0.579. The number of fused-ring (bicyclic) bond motifs is 1. The minimum atomic E-state index is -5.85. The van der Waals surface area contributed by atoms with E-state index in [1.165, 1.54) is 13.2 Å². The van der Waals surface area contributed by atoms with Gasteiger partial charge in [-0.1, -0.05) is 0 Å². The van der Waals surface area contributed by atoms with Crippen LogP contribution in [0.3, 0.4) is 0 Å². The Labute approximate surface area is 212 Å². The van der Waals surface area contributed by atoms with Crippen molar-refractivity contribution in [3.8, 4) is 22.8 Å². The van der Waals surface area contributed by atoms with Crippen molar-refractivity contribution in [1.29, 1.82) is 0 Å². The summed E-state index contributed by atoms with van der Waals surface area (Å²) in [4.78, 5) is 0. The van der Waals surface area contributed by atoms with E-state index in [9.17, 15) is 21.6 Å². The molecule has 0 spiro atoms. The molecule has 1 aliphatic rings. The summed E-state index contributed by atoms with van der Waals surface area (Å²) in [6, 6.07) is 5.26. The molecule has 0 saturated carbocycles. The number of benzene rings is 1. The van der Waals surface area contributed by atoms with Crippen LogP contribution in [-0.4, -0.2) is 58.9 Å². The van der Waals surface area contributed by atoms with Crippen molar-refractivity contribution in [3.63, 3.8) is 0 Å². The van der Waals surface area contributed by atoms with Gasteiger partial charge in [0.05, 0.1) is 17.9 Å². The third kappa shape index (κ3) is 5.80. The van der Waals surface area contributed by atoms with E-state index in [1.807, 2.05) is 4.68 Å². The Hall–Kier alpha value is -2.97. The van der Waals surface area contributed by atoms with Gasteiger partial charge < -0.3 is 19.0 Å². The van der Waals surface area contributed by atoms with E-state index in [2.05, 4.69) is 52.5 Å². The van der Waals surface area contributed by atoms with Gasteiger partial charge in [0.15, 0.2) is 12.4 Å². The lowest BCUT2D eigenvalue weighted by Crippen LogP contribution is -2.58. The van der Waals surface area contributed by atoms with E-state index in [-0.39, 0.29) is 29.7 Å². The van der Waals surface area contributed by atoms with Crippen molar-refractivity contribution in [2.45, 2.75) is 63.2 Å². The topological polar surface area (TPSA) is 117 Å². The first-order chi connectivity index (χ1) is 17.1. The first-order valence-electron chi connectivity index (χ1n) is 11.4. The molecule has 0 aliphatic carbocycles. The molecule has 0 unspecified atom stereocenters. The summed E-state index contributed by atoms with van der Waals surface area (Å²) in [7, 11) is -4.49. The fraction of sp³-hybridized carbons (Fsp3) is 0.522. The number of hydrogen-bond acceptors (Lipinski definition) is 9. The van der Waals surface area contributed by atoms with Gasteiger partial charge in [0.2, 0.25) is 0 Å². The molecular formula is C23H28F3N5O5S. The van der Waals surface area contributed by atoms with Gasteiger partial charge in [0.25, 0.3) is 0 Å². The van der Waals surface area contributed by atoms with E-state index in [0.29, 0.717) is 22.3 Å². The number of alkyl halides is 3. The highest BCUT2D eigenvalue weighted by molar-refractivity contribution is 7.88. The van der Waals surface area contributed by atoms with E-state index in [0.717, 1.165) is 25.0 Å². The zero-order valence-electron chi connectivity index (χ0n) is 21.0. The maximum Gasteiger partial charge on any atom is 0.534 e. The predicted octanol–water partition coefficient (Wildman–Crippen LogP) is 4.19. The van der Waals surface area contributed by atoms with E-state index < -0.39 is 21.4 Å². The molecule has 3 aromatic rings. The van der Waals surface area contributed by atoms with Crippen LogP contribution >= 0.6 is 0 Å². The second kappa shape index (κ2) is 9.40. The zero-order valence-corrected chi connectivity index (χ0v) is 21.8. The fourth-order valence-corrected chi connectivity index (χ4v) is 5.33. The Morgan fingerprint density at radius 2 is 1.78 bits per heavy atom. The lowest BCUT2D eigenvalue weighted by Gasteiger charge is -2.46. The minimum Gasteiger partial charge on any atom is -0.467 e. The maximum absolute atomic E-state index is 12.7. The summed E-state index contributed by atoms with van der Waals surface area (Å²) in [5.41, 5.74) is -4.49. The first kappa shape index (κ1) is 27.1. The number of aromatic nitrogens is 4. The van der Waals surface area contributed by atoms with Crippen LogP contribution in [-0.2, 0) is 14.9 Å². The molecule has 1 saturated heterocycles. The fourth-order valence-electron chi connectivity index (χ4n) is 4.87. The molecule has 3 heterocycles. The molecule has 4 rings (SSSR count). The number of nitrogens with one attached hydrogen (secondary N) is 1. The van der Waals surface area contributed by atoms with Gasteiger partial charge in [0, 0.05) is 35.2 Å². The Bertz CT molecular complexity index is 1390. The Morgan fingerprint density at radius 1 is 1.11 bits per heavy atom. The lowest BCUT2D eigenvalue weighted by atomic mass is 9.80. The molecule has 202 valence electrons. The molecule has 1 aromatic carbocycles. The number of methoxy groups -OCH3 is 1. The van der Waals surface area contributed by atoms with Crippen LogP contribution in [0.15, 0.2) is 30.5 Å². The van der Waals surface area contributed by atoms with Gasteiger partial charge in [-0.05, 0) is 58.7 Å². The second-order valence-corrected chi connectivity index (χ2v) is 11.8. The molecule has 10 nitrogen and oxygen atoms in total. The second-order valence-electron chi connectivity index (χ2n) is 10.2. The summed E-state index contributed by atoms with van der Waals surface area (Å²) in [5, 5.41) is 17.6. The summed E-state index contributed by atoms with van der Waals surface area (Å²) >= 11 is 0. The van der Waals surface area contributed by atoms with Gasteiger partial charge in [-0.15, -0.1) is 10.2 Å². The highest BCUT2D eigenvalue weighted by Crippen LogP contribution is 2.38. The average molecular weight is 544 g/mol. The molecule has 37 heavy (non-hydrogen) atoms. The van der Waals surface area contributed by atoms with Crippen molar-refractivity contribution in [2.24, 2.45) is 0 Å². The molecule has 1 N–H and O–H groups in total. The Balaban J connectivity index is 1.69. The average Bonchev–Trinajstić information content (AvgIpc) is 3.18. The number of rotatable bonds is 7. The molecule has 2 aromatic heterocycles. The largest absolute Gasteiger partial charge is 0.534 e. The standard InChI is InChI=1S/C23H28F3N5O5S/c1-21(2)10-15(11-22(3,4)30-21)31-20-14(12-27-31)8-18(28-29-20)17-7-6-16(9-19(17)35-13-34-5)36-37(32,33)23(24,25)26/h6-9,12,15,30H,10-11,13H2,1-5H3. The lowest BCUT2D eigenvalue weighted by molar-refractivity contribution is -0.0500. The summed E-state index contributed by atoms with van der Waals surface area (Å²) < 4.78 is 77.5. The van der Waals surface area contributed by atoms with Crippen molar-refractivity contribution in [2.75, 3.05) is 13.9 Å². The monoisotopic (exact) mass is 543 g/mol. The number of nitrogens with zero attached hydrogens (tertiary/aromatic N) is 4. The van der Waals surface area contributed by atoms with Crippen LogP contribution in [0.4, 0.5) is 13.2 Å². The molecule has 0 radical (unpaired) electrons. The van der Waals surface area contributed by atoms with E-state index >= 15 is 0 Å². The molecule has 1 fully saturated rings. The molecular weight excluding hydrogens is 515 g/mol. The number of ether oxygens (including phenoxy) is 2. The van der Waals surface area contributed by atoms with Crippen LogP contribution in [0.25, 0.3) is 22.3 Å². The third-order valence-corrected chi connectivity index (χ3v) is 6.89. The summed E-state index contributed by atoms with van der Waals surface area (Å²) in [6.45, 7) is 8.32. The smallest absolute Gasteiger partial charge is 0.467 e. The molecule has 0 bridgehead atoms. The summed E-state index contributed by atoms with van der Waals surface area (Å²) in [6.07, 6.45) is 3.36. The maximum atomic E-state index is 12.7. The van der Waals surface area contributed by atoms with Crippen LogP contribution in [0, 0.1) is 0 Å². The van der Waals surface area contributed by atoms with Crippen molar-refractivity contribution < 1.29 is 35.2 Å². The highest BCUT2D eigenvalue weighted by atomic mass is 32.2. The van der Waals surface area contributed by atoms with E-state index in [4.69, 9.17) is 9.47 Å². The predicted molar refractivity (Wildman–Crippen MR) is 128 cm³/mol. The number of piperidine rings is 1. The minimum absolute atomic E-state index is 0.000351. The van der Waals surface area contributed by atoms with Crippen LogP contribution in [0.2, 0.25) is 0 Å². The molecule has 0 atom stereocenters. The Kier molecular flexibility index (Phi) is 6.88. The van der Waals surface area contributed by atoms with Crippen molar-refractivity contribution in [3.05, 3.63) is 30.5 Å². The van der Waals surface area contributed by atoms with Gasteiger partial charge >= 0.3 is 15.6 Å². The quantitative estimate of drug-likeness (QED) is 0.266. The highest BCUT2D eigenvalue weighted by Gasteiger charge is 2.48. The SMILES string of the molecule is COCOc1cc(OS(=O)(=O)C(F)(F)F)ccc1-c1cc2cnn(C3CC(C)(C)NC(C)(C)C3)c2nn1. The van der Waals surface area contributed by atoms with Gasteiger partial charge in [-0.3, -0.25) is 0 Å². The normalized spacial score (nSPS) is 18.2. The third-order valence-electron chi connectivity index (χ3n) is 5.91. The van der Waals surface area contributed by atoms with Gasteiger partial charge in [-0.25, -0.2) is 4.68 Å². The van der Waals surface area contributed by atoms with Crippen LogP contribution < -0.4 is 14.2 Å². The van der Waals surface area contributed by atoms with Crippen molar-refractivity contribution >= 4 is 21.2 Å². The molecule has 14 heteroatoms. The number of halogens is 3. The van der Waals surface area contributed by atoms with Crippen LogP contribution in [0.1, 0.15) is 46.6 Å². The van der Waals surface area contributed by atoms with Gasteiger partial charge in [-0.2, -0.15) is 26.7 Å². The molecule has 0 amide bonds. The Morgan fingerprint density at radius 3 is 2.41 bits per heavy atom. The van der Waals surface area contributed by atoms with Crippen molar-refractivity contribution in [1.82, 2.24) is 25.3 Å². The molecule has 1 aliphatic heterocycles.